The molecule has 1 aromatic heterocycles. The first-order valence-electron chi connectivity index (χ1n) is 6.97. The molecule has 0 amide bonds. The predicted octanol–water partition coefficient (Wildman–Crippen LogP) is 3.78. The van der Waals surface area contributed by atoms with Crippen molar-refractivity contribution in [3.63, 3.8) is 0 Å². The third-order valence-electron chi connectivity index (χ3n) is 3.67. The number of rotatable bonds is 3. The summed E-state index contributed by atoms with van der Waals surface area (Å²) in [6, 6.07) is 7.88. The minimum Gasteiger partial charge on any atom is -0.465 e. The zero-order valence-electron chi connectivity index (χ0n) is 12.5. The van der Waals surface area contributed by atoms with Gasteiger partial charge in [0.15, 0.2) is 6.29 Å². The molecule has 0 saturated heterocycles. The van der Waals surface area contributed by atoms with Crippen LogP contribution in [0.4, 0.5) is 8.78 Å². The van der Waals surface area contributed by atoms with Crippen LogP contribution in [-0.2, 0) is 4.74 Å². The lowest BCUT2D eigenvalue weighted by Gasteiger charge is -2.11. The number of carbonyl (C=O) groups excluding carboxylic acids is 2. The number of carbonyl (C=O) groups is 2. The molecule has 120 valence electrons. The normalized spacial score (nSPS) is 10.6. The van der Waals surface area contributed by atoms with Crippen molar-refractivity contribution in [2.75, 3.05) is 7.11 Å². The van der Waals surface area contributed by atoms with Crippen LogP contribution in [-0.4, -0.2) is 24.3 Å². The highest BCUT2D eigenvalue weighted by Gasteiger charge is 2.18. The summed E-state index contributed by atoms with van der Waals surface area (Å²) in [4.78, 5) is 27.0. The maximum atomic E-state index is 14.1. The van der Waals surface area contributed by atoms with Gasteiger partial charge in [-0.25, -0.2) is 13.6 Å². The molecule has 0 fully saturated rings. The predicted molar refractivity (Wildman–Crippen MR) is 83.8 cm³/mol. The molecule has 0 radical (unpaired) electrons. The van der Waals surface area contributed by atoms with Crippen LogP contribution in [0.5, 0.6) is 0 Å². The van der Waals surface area contributed by atoms with Crippen molar-refractivity contribution in [2.45, 2.75) is 0 Å². The van der Waals surface area contributed by atoms with E-state index in [4.69, 9.17) is 0 Å². The van der Waals surface area contributed by atoms with E-state index in [1.807, 2.05) is 0 Å². The molecule has 0 atom stereocenters. The molecule has 2 aromatic carbocycles. The van der Waals surface area contributed by atoms with Crippen LogP contribution in [0, 0.1) is 11.6 Å². The van der Waals surface area contributed by atoms with Gasteiger partial charge in [0.05, 0.1) is 23.9 Å². The number of hydrogen-bond donors (Lipinski definition) is 0. The molecule has 0 bridgehead atoms. The first kappa shape index (κ1) is 15.7. The van der Waals surface area contributed by atoms with Crippen molar-refractivity contribution < 1.29 is 23.1 Å². The second-order valence-corrected chi connectivity index (χ2v) is 5.03. The van der Waals surface area contributed by atoms with Crippen LogP contribution in [0.3, 0.4) is 0 Å². The van der Waals surface area contributed by atoms with Gasteiger partial charge in [-0.05, 0) is 29.7 Å². The number of halogens is 2. The maximum Gasteiger partial charge on any atom is 0.337 e. The van der Waals surface area contributed by atoms with Crippen LogP contribution in [0.25, 0.3) is 22.0 Å². The first-order valence-corrected chi connectivity index (χ1v) is 6.97. The Morgan fingerprint density at radius 3 is 2.46 bits per heavy atom. The lowest BCUT2D eigenvalue weighted by molar-refractivity contribution is 0.0601. The number of nitrogens with zero attached hydrogens (tertiary/aromatic N) is 1. The lowest BCUT2D eigenvalue weighted by atomic mass is 9.98. The fraction of sp³-hybridized carbons (Fsp3) is 0.0556. The highest BCUT2D eigenvalue weighted by atomic mass is 19.1. The second-order valence-electron chi connectivity index (χ2n) is 5.03. The summed E-state index contributed by atoms with van der Waals surface area (Å²) >= 11 is 0. The van der Waals surface area contributed by atoms with Gasteiger partial charge in [0.2, 0.25) is 0 Å². The number of benzene rings is 2. The van der Waals surface area contributed by atoms with Gasteiger partial charge in [-0.2, -0.15) is 0 Å². The van der Waals surface area contributed by atoms with E-state index in [9.17, 15) is 18.4 Å². The molecule has 0 aliphatic heterocycles. The summed E-state index contributed by atoms with van der Waals surface area (Å²) in [5.41, 5.74) is 0.133. The van der Waals surface area contributed by atoms with Gasteiger partial charge < -0.3 is 4.74 Å². The van der Waals surface area contributed by atoms with Crippen LogP contribution in [0.1, 0.15) is 20.7 Å². The van der Waals surface area contributed by atoms with Crippen molar-refractivity contribution in [2.24, 2.45) is 0 Å². The number of pyridine rings is 1. The molecule has 1 heterocycles. The average Bonchev–Trinajstić information content (AvgIpc) is 2.60. The van der Waals surface area contributed by atoms with Crippen LogP contribution >= 0.6 is 0 Å². The standard InChI is InChI=1S/C18H11F2NO3/c1-24-18(23)10-5-6-12-11(9-22)8-21-17(13(12)7-10)16-14(19)3-2-4-15(16)20/h2-9H,1H3. The van der Waals surface area contributed by atoms with Gasteiger partial charge in [-0.15, -0.1) is 0 Å². The van der Waals surface area contributed by atoms with Gasteiger partial charge in [0.1, 0.15) is 11.6 Å². The maximum absolute atomic E-state index is 14.1. The summed E-state index contributed by atoms with van der Waals surface area (Å²) in [6.45, 7) is 0. The Balaban J connectivity index is 2.39. The highest BCUT2D eigenvalue weighted by Crippen LogP contribution is 2.32. The smallest absolute Gasteiger partial charge is 0.337 e. The van der Waals surface area contributed by atoms with E-state index in [2.05, 4.69) is 9.72 Å². The molecule has 4 nitrogen and oxygen atoms in total. The van der Waals surface area contributed by atoms with Crippen LogP contribution in [0.15, 0.2) is 42.6 Å². The molecule has 0 spiro atoms. The Bertz CT molecular complexity index is 950. The largest absolute Gasteiger partial charge is 0.465 e. The summed E-state index contributed by atoms with van der Waals surface area (Å²) in [6.07, 6.45) is 1.84. The molecule has 3 aromatic rings. The lowest BCUT2D eigenvalue weighted by Crippen LogP contribution is -2.02. The Labute approximate surface area is 135 Å². The molecule has 0 unspecified atom stereocenters. The molecule has 0 N–H and O–H groups in total. The van der Waals surface area contributed by atoms with E-state index in [1.165, 1.54) is 37.6 Å². The van der Waals surface area contributed by atoms with Gasteiger partial charge >= 0.3 is 5.97 Å². The van der Waals surface area contributed by atoms with E-state index in [1.54, 1.807) is 0 Å². The van der Waals surface area contributed by atoms with E-state index >= 15 is 0 Å². The van der Waals surface area contributed by atoms with E-state index in [-0.39, 0.29) is 27.8 Å². The third-order valence-corrected chi connectivity index (χ3v) is 3.67. The van der Waals surface area contributed by atoms with Crippen molar-refractivity contribution in [1.82, 2.24) is 4.98 Å². The monoisotopic (exact) mass is 327 g/mol. The fourth-order valence-electron chi connectivity index (χ4n) is 2.53. The Kier molecular flexibility index (Phi) is 4.04. The molecular weight excluding hydrogens is 316 g/mol. The van der Waals surface area contributed by atoms with Crippen molar-refractivity contribution in [3.05, 3.63) is 65.4 Å². The Morgan fingerprint density at radius 1 is 1.12 bits per heavy atom. The molecule has 24 heavy (non-hydrogen) atoms. The molecule has 0 aliphatic rings. The van der Waals surface area contributed by atoms with Crippen LogP contribution < -0.4 is 0 Å². The van der Waals surface area contributed by atoms with E-state index < -0.39 is 17.6 Å². The summed E-state index contributed by atoms with van der Waals surface area (Å²) in [5, 5.41) is 0.719. The van der Waals surface area contributed by atoms with E-state index in [0.717, 1.165) is 12.1 Å². The SMILES string of the molecule is COC(=O)c1ccc2c(C=O)cnc(-c3c(F)cccc3F)c2c1. The Hall–Kier alpha value is -3.15. The summed E-state index contributed by atoms with van der Waals surface area (Å²) < 4.78 is 32.9. The minimum atomic E-state index is -0.786. The van der Waals surface area contributed by atoms with Crippen molar-refractivity contribution in [3.8, 4) is 11.3 Å². The third kappa shape index (κ3) is 2.52. The van der Waals surface area contributed by atoms with Gasteiger partial charge in [0.25, 0.3) is 0 Å². The number of methoxy groups -OCH3 is 1. The number of esters is 1. The molecule has 0 saturated carbocycles. The molecule has 0 aliphatic carbocycles. The minimum absolute atomic E-state index is 0.0111. The number of fused-ring (bicyclic) bond motifs is 1. The highest BCUT2D eigenvalue weighted by molar-refractivity contribution is 6.06. The van der Waals surface area contributed by atoms with Gasteiger partial charge in [-0.1, -0.05) is 12.1 Å². The summed E-state index contributed by atoms with van der Waals surface area (Å²) in [7, 11) is 1.23. The van der Waals surface area contributed by atoms with Crippen molar-refractivity contribution >= 4 is 23.0 Å². The molecular formula is C18H11F2NO3. The number of ether oxygens (including phenoxy) is 1. The first-order chi connectivity index (χ1) is 11.6. The topological polar surface area (TPSA) is 56.3 Å². The number of aldehydes is 1. The second kappa shape index (κ2) is 6.16. The summed E-state index contributed by atoms with van der Waals surface area (Å²) in [5.74, 6) is -2.18. The molecule has 3 rings (SSSR count). The fourth-order valence-corrected chi connectivity index (χ4v) is 2.53. The van der Waals surface area contributed by atoms with E-state index in [0.29, 0.717) is 11.7 Å². The quantitative estimate of drug-likeness (QED) is 0.543. The number of aromatic nitrogens is 1. The zero-order chi connectivity index (χ0) is 17.3. The Morgan fingerprint density at radius 2 is 1.83 bits per heavy atom. The van der Waals surface area contributed by atoms with Crippen molar-refractivity contribution in [1.29, 1.82) is 0 Å². The zero-order valence-corrected chi connectivity index (χ0v) is 12.5. The number of hydrogen-bond acceptors (Lipinski definition) is 4. The average molecular weight is 327 g/mol. The van der Waals surface area contributed by atoms with Gasteiger partial charge in [0, 0.05) is 17.1 Å². The van der Waals surface area contributed by atoms with Gasteiger partial charge in [-0.3, -0.25) is 9.78 Å². The van der Waals surface area contributed by atoms with Crippen LogP contribution in [0.2, 0.25) is 0 Å². The molecule has 6 heteroatoms.